The van der Waals surface area contributed by atoms with E-state index in [0.29, 0.717) is 0 Å². The summed E-state index contributed by atoms with van der Waals surface area (Å²) in [6.07, 6.45) is -6.36. The van der Waals surface area contributed by atoms with Gasteiger partial charge in [-0.2, -0.15) is 13.2 Å². The van der Waals surface area contributed by atoms with Crippen LogP contribution in [0.5, 0.6) is 11.5 Å². The van der Waals surface area contributed by atoms with Gasteiger partial charge in [0.1, 0.15) is 7.85 Å². The lowest BCUT2D eigenvalue weighted by Gasteiger charge is -2.28. The molecule has 1 N–H and O–H groups in total. The monoisotopic (exact) mass is 286 g/mol. The minimum Gasteiger partial charge on any atom is -0.493 e. The number of hydrogen-bond acceptors (Lipinski definition) is 3. The van der Waals surface area contributed by atoms with E-state index < -0.39 is 23.8 Å². The molecule has 106 valence electrons. The first-order valence-electron chi connectivity index (χ1n) is 5.61. The first kappa shape index (κ1) is 14.3. The molecule has 4 nitrogen and oxygen atoms in total. The van der Waals surface area contributed by atoms with Crippen LogP contribution in [0.15, 0.2) is 17.7 Å². The van der Waals surface area contributed by atoms with Crippen molar-refractivity contribution in [3.63, 3.8) is 0 Å². The average molecular weight is 286 g/mol. The van der Waals surface area contributed by atoms with Crippen molar-refractivity contribution in [2.24, 2.45) is 0 Å². The van der Waals surface area contributed by atoms with Gasteiger partial charge in [-0.25, -0.2) is 4.79 Å². The van der Waals surface area contributed by atoms with E-state index in [2.05, 4.69) is 0 Å². The maximum atomic E-state index is 12.9. The maximum Gasteiger partial charge on any atom is 0.430 e. The molecule has 0 radical (unpaired) electrons. The predicted molar refractivity (Wildman–Crippen MR) is 67.3 cm³/mol. The molecule has 20 heavy (non-hydrogen) atoms. The molecule has 2 rings (SSSR count). The van der Waals surface area contributed by atoms with Crippen LogP contribution < -0.4 is 14.9 Å². The number of alkyl halides is 3. The van der Waals surface area contributed by atoms with Gasteiger partial charge < -0.3 is 14.6 Å². The molecule has 0 fully saturated rings. The molecule has 0 aromatic heterocycles. The lowest BCUT2D eigenvalue weighted by atomic mass is 9.91. The summed E-state index contributed by atoms with van der Waals surface area (Å²) in [6.45, 7) is 0. The summed E-state index contributed by atoms with van der Waals surface area (Å²) >= 11 is 0. The fraction of sp³-hybridized carbons (Fsp3) is 0.250. The van der Waals surface area contributed by atoms with Gasteiger partial charge in [0.05, 0.1) is 12.7 Å². The number of carboxylic acids is 1. The highest BCUT2D eigenvalue weighted by Crippen LogP contribution is 2.41. The molecule has 0 aliphatic carbocycles. The number of carbonyl (C=O) groups is 1. The van der Waals surface area contributed by atoms with Crippen LogP contribution in [0.3, 0.4) is 0 Å². The number of carboxylic acid groups (broad SMARTS) is 1. The molecule has 1 atom stereocenters. The quantitative estimate of drug-likeness (QED) is 0.815. The molecule has 8 heteroatoms. The normalized spacial score (nSPS) is 17.8. The van der Waals surface area contributed by atoms with Crippen LogP contribution in [0.4, 0.5) is 13.2 Å². The molecule has 0 spiro atoms. The molecule has 0 saturated heterocycles. The lowest BCUT2D eigenvalue weighted by molar-refractivity contribution is -0.187. The van der Waals surface area contributed by atoms with Crippen molar-refractivity contribution in [3.8, 4) is 11.5 Å². The summed E-state index contributed by atoms with van der Waals surface area (Å²) < 4.78 is 48.5. The highest BCUT2D eigenvalue weighted by molar-refractivity contribution is 6.32. The highest BCUT2D eigenvalue weighted by atomic mass is 19.4. The third-order valence-corrected chi connectivity index (χ3v) is 2.82. The topological polar surface area (TPSA) is 55.8 Å². The van der Waals surface area contributed by atoms with Crippen molar-refractivity contribution in [1.82, 2.24) is 0 Å². The van der Waals surface area contributed by atoms with Gasteiger partial charge in [0.25, 0.3) is 0 Å². The third-order valence-electron chi connectivity index (χ3n) is 2.82. The van der Waals surface area contributed by atoms with Crippen molar-refractivity contribution in [2.45, 2.75) is 12.3 Å². The molecule has 0 saturated carbocycles. The Morgan fingerprint density at radius 2 is 2.10 bits per heavy atom. The Hall–Kier alpha value is -2.12. The number of halogens is 3. The van der Waals surface area contributed by atoms with E-state index in [1.807, 2.05) is 0 Å². The Kier molecular flexibility index (Phi) is 3.41. The third kappa shape index (κ3) is 2.45. The number of hydrogen-bond donors (Lipinski definition) is 1. The second-order valence-electron chi connectivity index (χ2n) is 4.33. The molecule has 1 aliphatic heterocycles. The number of methoxy groups -OCH3 is 1. The molecule has 0 amide bonds. The van der Waals surface area contributed by atoms with E-state index in [4.69, 9.17) is 14.6 Å². The lowest BCUT2D eigenvalue weighted by Crippen LogP contribution is -2.40. The average Bonchev–Trinajstić information content (AvgIpc) is 2.34. The number of aliphatic carboxylic acids is 1. The molecule has 1 aliphatic rings. The van der Waals surface area contributed by atoms with Crippen LogP contribution in [0, 0.1) is 0 Å². The van der Waals surface area contributed by atoms with Crippen LogP contribution in [0.1, 0.15) is 5.56 Å². The van der Waals surface area contributed by atoms with Gasteiger partial charge in [-0.3, -0.25) is 0 Å². The van der Waals surface area contributed by atoms with E-state index >= 15 is 0 Å². The zero-order chi connectivity index (χ0) is 15.1. The summed E-state index contributed by atoms with van der Waals surface area (Å²) in [7, 11) is 3.02. The Morgan fingerprint density at radius 3 is 2.60 bits per heavy atom. The second-order valence-corrected chi connectivity index (χ2v) is 4.33. The summed E-state index contributed by atoms with van der Waals surface area (Å²) in [5, 5.41) is 8.91. The van der Waals surface area contributed by atoms with Crippen LogP contribution in [-0.2, 0) is 4.79 Å². The van der Waals surface area contributed by atoms with Crippen LogP contribution in [0.25, 0.3) is 6.08 Å². The molecule has 1 heterocycles. The van der Waals surface area contributed by atoms with Crippen molar-refractivity contribution >= 4 is 25.4 Å². The van der Waals surface area contributed by atoms with Gasteiger partial charge in [0.2, 0.25) is 6.10 Å². The molecular formula is C12H10BF3O4. The fourth-order valence-corrected chi connectivity index (χ4v) is 1.99. The van der Waals surface area contributed by atoms with E-state index in [-0.39, 0.29) is 17.1 Å². The van der Waals surface area contributed by atoms with Crippen LogP contribution in [0.2, 0.25) is 0 Å². The largest absolute Gasteiger partial charge is 0.493 e. The summed E-state index contributed by atoms with van der Waals surface area (Å²) in [5.74, 6) is -1.64. The predicted octanol–water partition coefficient (Wildman–Crippen LogP) is 0.745. The molecule has 1 aromatic carbocycles. The van der Waals surface area contributed by atoms with E-state index in [0.717, 1.165) is 11.5 Å². The Morgan fingerprint density at radius 1 is 1.45 bits per heavy atom. The van der Waals surface area contributed by atoms with Crippen molar-refractivity contribution < 1.29 is 32.5 Å². The van der Waals surface area contributed by atoms with Gasteiger partial charge in [0.15, 0.2) is 11.5 Å². The van der Waals surface area contributed by atoms with Crippen molar-refractivity contribution in [3.05, 3.63) is 23.3 Å². The second kappa shape index (κ2) is 4.77. The number of benzene rings is 1. The number of ether oxygens (including phenoxy) is 2. The Balaban J connectivity index is 2.62. The van der Waals surface area contributed by atoms with E-state index in [1.54, 1.807) is 7.85 Å². The molecular weight excluding hydrogens is 276 g/mol. The first-order valence-corrected chi connectivity index (χ1v) is 5.61. The standard InChI is InChI=1S/C12H10BF3O4/c1-19-8-4-6(13)2-5-3-7(11(17)18)10(12(14,15)16)20-9(5)8/h2-4,10H,13H2,1H3,(H,17,18). The van der Waals surface area contributed by atoms with Crippen LogP contribution >= 0.6 is 0 Å². The molecule has 1 unspecified atom stereocenters. The Bertz CT molecular complexity index is 595. The fourth-order valence-electron chi connectivity index (χ4n) is 1.99. The summed E-state index contributed by atoms with van der Waals surface area (Å²) in [6, 6.07) is 3.05. The summed E-state index contributed by atoms with van der Waals surface area (Å²) in [4.78, 5) is 11.0. The smallest absolute Gasteiger partial charge is 0.430 e. The number of fused-ring (bicyclic) bond motifs is 1. The van der Waals surface area contributed by atoms with Gasteiger partial charge in [0, 0.05) is 5.56 Å². The minimum atomic E-state index is -4.82. The molecule has 0 bridgehead atoms. The molecule has 1 aromatic rings. The minimum absolute atomic E-state index is 0.106. The maximum absolute atomic E-state index is 12.9. The first-order chi connectivity index (χ1) is 9.24. The van der Waals surface area contributed by atoms with Gasteiger partial charge in [-0.15, -0.1) is 0 Å². The van der Waals surface area contributed by atoms with Crippen molar-refractivity contribution in [2.75, 3.05) is 7.11 Å². The zero-order valence-corrected chi connectivity index (χ0v) is 10.6. The Labute approximate surface area is 113 Å². The van der Waals surface area contributed by atoms with Crippen LogP contribution in [-0.4, -0.2) is 38.3 Å². The van der Waals surface area contributed by atoms with Gasteiger partial charge in [-0.05, 0) is 12.1 Å². The van der Waals surface area contributed by atoms with E-state index in [9.17, 15) is 18.0 Å². The van der Waals surface area contributed by atoms with Gasteiger partial charge >= 0.3 is 12.1 Å². The van der Waals surface area contributed by atoms with Gasteiger partial charge in [-0.1, -0.05) is 11.5 Å². The zero-order valence-electron chi connectivity index (χ0n) is 10.6. The highest BCUT2D eigenvalue weighted by Gasteiger charge is 2.48. The summed E-state index contributed by atoms with van der Waals surface area (Å²) in [5.41, 5.74) is 0.119. The SMILES string of the molecule is Bc1cc2c(c(OC)c1)OC(C(F)(F)F)C(C(=O)O)=C2. The number of rotatable bonds is 2. The van der Waals surface area contributed by atoms with E-state index in [1.165, 1.54) is 19.2 Å². The van der Waals surface area contributed by atoms with Crippen molar-refractivity contribution in [1.29, 1.82) is 0 Å².